The first-order chi connectivity index (χ1) is 9.58. The molecule has 20 heavy (non-hydrogen) atoms. The van der Waals surface area contributed by atoms with E-state index < -0.39 is 6.04 Å². The van der Waals surface area contributed by atoms with E-state index in [1.54, 1.807) is 6.92 Å². The maximum atomic E-state index is 11.9. The maximum Gasteiger partial charge on any atom is 0.239 e. The van der Waals surface area contributed by atoms with Crippen LogP contribution in [0.25, 0.3) is 0 Å². The summed E-state index contributed by atoms with van der Waals surface area (Å²) in [5.41, 5.74) is 7.02. The molecule has 1 atom stereocenters. The number of carbonyl (C=O) groups is 1. The SMILES string of the molecule is CC(N)C(=O)N(C)C1CCN(Cc2ccccc2)CC1. The average Bonchev–Trinajstić information content (AvgIpc) is 2.47. The van der Waals surface area contributed by atoms with Crippen LogP contribution in [0.4, 0.5) is 0 Å². The highest BCUT2D eigenvalue weighted by Gasteiger charge is 2.26. The largest absolute Gasteiger partial charge is 0.341 e. The second-order valence-corrected chi connectivity index (χ2v) is 5.73. The minimum Gasteiger partial charge on any atom is -0.341 e. The van der Waals surface area contributed by atoms with E-state index in [0.29, 0.717) is 6.04 Å². The van der Waals surface area contributed by atoms with E-state index in [1.807, 2.05) is 18.0 Å². The molecule has 0 bridgehead atoms. The monoisotopic (exact) mass is 275 g/mol. The predicted octanol–water partition coefficient (Wildman–Crippen LogP) is 1.46. The summed E-state index contributed by atoms with van der Waals surface area (Å²) in [6.07, 6.45) is 2.06. The van der Waals surface area contributed by atoms with Gasteiger partial charge in [0.2, 0.25) is 5.91 Å². The van der Waals surface area contributed by atoms with Crippen LogP contribution in [0.15, 0.2) is 30.3 Å². The van der Waals surface area contributed by atoms with Crippen molar-refractivity contribution in [2.75, 3.05) is 20.1 Å². The van der Waals surface area contributed by atoms with E-state index in [9.17, 15) is 4.79 Å². The van der Waals surface area contributed by atoms with Crippen LogP contribution in [0, 0.1) is 0 Å². The van der Waals surface area contributed by atoms with Gasteiger partial charge in [0.05, 0.1) is 6.04 Å². The van der Waals surface area contributed by atoms with Crippen molar-refractivity contribution in [1.82, 2.24) is 9.80 Å². The Hall–Kier alpha value is -1.39. The van der Waals surface area contributed by atoms with Gasteiger partial charge in [0.25, 0.3) is 0 Å². The third-order valence-corrected chi connectivity index (χ3v) is 4.09. The summed E-state index contributed by atoms with van der Waals surface area (Å²) in [5.74, 6) is 0.0477. The third-order valence-electron chi connectivity index (χ3n) is 4.09. The molecule has 0 radical (unpaired) electrons. The van der Waals surface area contributed by atoms with Crippen LogP contribution in [0.5, 0.6) is 0 Å². The Morgan fingerprint density at radius 1 is 1.35 bits per heavy atom. The Bertz CT molecular complexity index is 425. The maximum absolute atomic E-state index is 11.9. The summed E-state index contributed by atoms with van der Waals surface area (Å²) >= 11 is 0. The van der Waals surface area contributed by atoms with Gasteiger partial charge in [-0.25, -0.2) is 0 Å². The normalized spacial score (nSPS) is 18.8. The Morgan fingerprint density at radius 2 is 1.95 bits per heavy atom. The highest BCUT2D eigenvalue weighted by Crippen LogP contribution is 2.18. The Balaban J connectivity index is 1.82. The van der Waals surface area contributed by atoms with Gasteiger partial charge in [0.15, 0.2) is 0 Å². The summed E-state index contributed by atoms with van der Waals surface area (Å²) < 4.78 is 0. The summed E-state index contributed by atoms with van der Waals surface area (Å²) in [7, 11) is 1.88. The number of amides is 1. The summed E-state index contributed by atoms with van der Waals surface area (Å²) in [6, 6.07) is 10.5. The fraction of sp³-hybridized carbons (Fsp3) is 0.562. The van der Waals surface area contributed by atoms with Crippen molar-refractivity contribution in [2.24, 2.45) is 5.73 Å². The van der Waals surface area contributed by atoms with Gasteiger partial charge in [0.1, 0.15) is 0 Å². The number of likely N-dealkylation sites (N-methyl/N-ethyl adjacent to an activating group) is 1. The van der Waals surface area contributed by atoms with Crippen molar-refractivity contribution in [3.8, 4) is 0 Å². The fourth-order valence-corrected chi connectivity index (χ4v) is 2.81. The molecule has 0 aromatic heterocycles. The number of nitrogens with zero attached hydrogens (tertiary/aromatic N) is 2. The first kappa shape index (κ1) is 15.0. The number of nitrogens with two attached hydrogens (primary N) is 1. The highest BCUT2D eigenvalue weighted by atomic mass is 16.2. The molecule has 0 spiro atoms. The summed E-state index contributed by atoms with van der Waals surface area (Å²) in [5, 5.41) is 0. The third kappa shape index (κ3) is 3.81. The minimum atomic E-state index is -0.401. The van der Waals surface area contributed by atoms with Gasteiger partial charge in [-0.15, -0.1) is 0 Å². The summed E-state index contributed by atoms with van der Waals surface area (Å²) in [6.45, 7) is 4.83. The molecule has 1 heterocycles. The van der Waals surface area contributed by atoms with Gasteiger partial charge in [-0.1, -0.05) is 30.3 Å². The molecule has 2 rings (SSSR count). The van der Waals surface area contributed by atoms with Gasteiger partial charge >= 0.3 is 0 Å². The van der Waals surface area contributed by atoms with Gasteiger partial charge in [0, 0.05) is 32.7 Å². The zero-order valence-corrected chi connectivity index (χ0v) is 12.5. The molecule has 1 fully saturated rings. The first-order valence-electron chi connectivity index (χ1n) is 7.36. The number of piperidine rings is 1. The van der Waals surface area contributed by atoms with Crippen LogP contribution in [-0.2, 0) is 11.3 Å². The quantitative estimate of drug-likeness (QED) is 0.905. The molecule has 1 unspecified atom stereocenters. The van der Waals surface area contributed by atoms with Crippen LogP contribution in [-0.4, -0.2) is 47.9 Å². The lowest BCUT2D eigenvalue weighted by molar-refractivity contribution is -0.133. The molecule has 1 aromatic rings. The van der Waals surface area contributed by atoms with Gasteiger partial charge in [-0.3, -0.25) is 9.69 Å². The molecule has 1 amide bonds. The minimum absolute atomic E-state index is 0.0477. The van der Waals surface area contributed by atoms with E-state index in [2.05, 4.69) is 29.2 Å². The molecule has 2 N–H and O–H groups in total. The second kappa shape index (κ2) is 6.86. The van der Waals surface area contributed by atoms with Crippen molar-refractivity contribution in [2.45, 2.75) is 38.4 Å². The van der Waals surface area contributed by atoms with E-state index >= 15 is 0 Å². The number of hydrogen-bond donors (Lipinski definition) is 1. The molecular formula is C16H25N3O. The average molecular weight is 275 g/mol. The number of rotatable bonds is 4. The van der Waals surface area contributed by atoms with E-state index in [0.717, 1.165) is 32.5 Å². The van der Waals surface area contributed by atoms with Crippen LogP contribution in [0.2, 0.25) is 0 Å². The molecule has 4 nitrogen and oxygen atoms in total. The number of likely N-dealkylation sites (tertiary alicyclic amines) is 1. The molecule has 1 aromatic carbocycles. The lowest BCUT2D eigenvalue weighted by Crippen LogP contribution is -2.49. The molecular weight excluding hydrogens is 250 g/mol. The zero-order valence-electron chi connectivity index (χ0n) is 12.5. The Morgan fingerprint density at radius 3 is 2.50 bits per heavy atom. The zero-order chi connectivity index (χ0) is 14.5. The lowest BCUT2D eigenvalue weighted by atomic mass is 10.0. The first-order valence-corrected chi connectivity index (χ1v) is 7.36. The summed E-state index contributed by atoms with van der Waals surface area (Å²) in [4.78, 5) is 16.2. The number of benzene rings is 1. The van der Waals surface area contributed by atoms with Crippen molar-refractivity contribution < 1.29 is 4.79 Å². The topological polar surface area (TPSA) is 49.6 Å². The van der Waals surface area contributed by atoms with Crippen molar-refractivity contribution >= 4 is 5.91 Å². The van der Waals surface area contributed by atoms with Crippen molar-refractivity contribution in [3.63, 3.8) is 0 Å². The number of carbonyl (C=O) groups excluding carboxylic acids is 1. The molecule has 4 heteroatoms. The smallest absolute Gasteiger partial charge is 0.239 e. The molecule has 1 saturated heterocycles. The van der Waals surface area contributed by atoms with Crippen LogP contribution < -0.4 is 5.73 Å². The van der Waals surface area contributed by atoms with Gasteiger partial charge in [-0.05, 0) is 25.3 Å². The fourth-order valence-electron chi connectivity index (χ4n) is 2.81. The number of hydrogen-bond acceptors (Lipinski definition) is 3. The molecule has 0 aliphatic carbocycles. The molecule has 0 saturated carbocycles. The highest BCUT2D eigenvalue weighted by molar-refractivity contribution is 5.81. The van der Waals surface area contributed by atoms with Crippen LogP contribution >= 0.6 is 0 Å². The standard InChI is InChI=1S/C16H25N3O/c1-13(17)16(20)18(2)15-8-10-19(11-9-15)12-14-6-4-3-5-7-14/h3-7,13,15H,8-12,17H2,1-2H3. The van der Waals surface area contributed by atoms with E-state index in [-0.39, 0.29) is 5.91 Å². The van der Waals surface area contributed by atoms with E-state index in [4.69, 9.17) is 5.73 Å². The lowest BCUT2D eigenvalue weighted by Gasteiger charge is -2.37. The second-order valence-electron chi connectivity index (χ2n) is 5.73. The molecule has 110 valence electrons. The predicted molar refractivity (Wildman–Crippen MR) is 81.2 cm³/mol. The Kier molecular flexibility index (Phi) is 5.15. The molecule has 1 aliphatic heterocycles. The van der Waals surface area contributed by atoms with Crippen molar-refractivity contribution in [1.29, 1.82) is 0 Å². The Labute approximate surface area is 121 Å². The van der Waals surface area contributed by atoms with E-state index in [1.165, 1.54) is 5.56 Å². The van der Waals surface area contributed by atoms with Crippen LogP contribution in [0.1, 0.15) is 25.3 Å². The molecule has 1 aliphatic rings. The van der Waals surface area contributed by atoms with Gasteiger partial charge < -0.3 is 10.6 Å². The van der Waals surface area contributed by atoms with Crippen LogP contribution in [0.3, 0.4) is 0 Å². The van der Waals surface area contributed by atoms with Gasteiger partial charge in [-0.2, -0.15) is 0 Å². The van der Waals surface area contributed by atoms with Crippen molar-refractivity contribution in [3.05, 3.63) is 35.9 Å².